The lowest BCUT2D eigenvalue weighted by Crippen LogP contribution is -2.22. The average molecular weight is 393 g/mol. The van der Waals surface area contributed by atoms with Gasteiger partial charge in [0.05, 0.1) is 16.6 Å². The summed E-state index contributed by atoms with van der Waals surface area (Å²) in [5.74, 6) is 0. The lowest BCUT2D eigenvalue weighted by Gasteiger charge is -2.19. The molecule has 1 aromatic carbocycles. The van der Waals surface area contributed by atoms with Crippen molar-refractivity contribution >= 4 is 23.3 Å². The number of hydrogen-bond donors (Lipinski definition) is 1. The molecule has 4 nitrogen and oxygen atoms in total. The Labute approximate surface area is 158 Å². The van der Waals surface area contributed by atoms with Crippen molar-refractivity contribution in [3.8, 4) is 11.3 Å². The van der Waals surface area contributed by atoms with Crippen LogP contribution in [0.4, 0.5) is 13.2 Å². The number of H-pyrrole nitrogens is 1. The van der Waals surface area contributed by atoms with Crippen LogP contribution < -0.4 is 5.56 Å². The Morgan fingerprint density at radius 2 is 1.89 bits per heavy atom. The highest BCUT2D eigenvalue weighted by molar-refractivity contribution is 7.71. The third-order valence-electron chi connectivity index (χ3n) is 4.58. The zero-order valence-corrected chi connectivity index (χ0v) is 15.8. The van der Waals surface area contributed by atoms with Gasteiger partial charge in [0.1, 0.15) is 5.65 Å². The molecule has 2 aromatic heterocycles. The number of pyridine rings is 1. The normalized spacial score (nSPS) is 13.1. The topological polar surface area (TPSA) is 50.7 Å². The van der Waals surface area contributed by atoms with Crippen LogP contribution in [0.5, 0.6) is 0 Å². The number of alkyl halides is 3. The molecule has 0 saturated carbocycles. The maximum absolute atomic E-state index is 13.8. The summed E-state index contributed by atoms with van der Waals surface area (Å²) in [7, 11) is 0. The maximum Gasteiger partial charge on any atom is 0.417 e. The molecular formula is C19H18F3N3OS. The van der Waals surface area contributed by atoms with Crippen molar-refractivity contribution in [2.75, 3.05) is 0 Å². The molecule has 0 spiro atoms. The first kappa shape index (κ1) is 19.3. The molecule has 0 radical (unpaired) electrons. The summed E-state index contributed by atoms with van der Waals surface area (Å²) in [6.07, 6.45) is -4.09. The van der Waals surface area contributed by atoms with E-state index in [9.17, 15) is 18.0 Å². The van der Waals surface area contributed by atoms with Gasteiger partial charge >= 0.3 is 6.18 Å². The Morgan fingerprint density at radius 1 is 1.26 bits per heavy atom. The largest absolute Gasteiger partial charge is 0.417 e. The molecule has 27 heavy (non-hydrogen) atoms. The fourth-order valence-corrected chi connectivity index (χ4v) is 3.29. The molecule has 1 unspecified atom stereocenters. The number of aromatic nitrogens is 3. The molecule has 2 heterocycles. The summed E-state index contributed by atoms with van der Waals surface area (Å²) < 4.78 is 42.8. The van der Waals surface area contributed by atoms with E-state index < -0.39 is 22.7 Å². The molecule has 3 rings (SSSR count). The van der Waals surface area contributed by atoms with Gasteiger partial charge in [-0.2, -0.15) is 13.2 Å². The summed E-state index contributed by atoms with van der Waals surface area (Å²) in [6, 6.07) is 7.71. The van der Waals surface area contributed by atoms with Crippen LogP contribution in [0.3, 0.4) is 0 Å². The second-order valence-electron chi connectivity index (χ2n) is 6.50. The van der Waals surface area contributed by atoms with Crippen LogP contribution in [0.15, 0.2) is 35.1 Å². The van der Waals surface area contributed by atoms with E-state index in [0.717, 1.165) is 11.6 Å². The molecule has 0 aliphatic heterocycles. The van der Waals surface area contributed by atoms with Gasteiger partial charge in [0, 0.05) is 11.6 Å². The molecule has 0 bridgehead atoms. The Balaban J connectivity index is 2.49. The van der Waals surface area contributed by atoms with Crippen LogP contribution in [-0.2, 0) is 6.18 Å². The Hall–Kier alpha value is -2.48. The number of benzene rings is 1. The molecule has 1 atom stereocenters. The van der Waals surface area contributed by atoms with Crippen molar-refractivity contribution in [3.05, 3.63) is 56.6 Å². The van der Waals surface area contributed by atoms with Gasteiger partial charge in [0.2, 0.25) is 0 Å². The summed E-state index contributed by atoms with van der Waals surface area (Å²) in [4.78, 5) is 19.1. The SMILES string of the molecule is CCC(C)n1c(=S)[nH]c(=O)c2c(C(F)(F)F)cc(-c3ccc(C)cc3)nc21. The maximum atomic E-state index is 13.8. The van der Waals surface area contributed by atoms with Crippen molar-refractivity contribution in [2.45, 2.75) is 39.4 Å². The van der Waals surface area contributed by atoms with Crippen LogP contribution in [0.25, 0.3) is 22.3 Å². The minimum Gasteiger partial charge on any atom is -0.300 e. The summed E-state index contributed by atoms with van der Waals surface area (Å²) in [5.41, 5.74) is -0.291. The van der Waals surface area contributed by atoms with Crippen molar-refractivity contribution < 1.29 is 13.2 Å². The number of aryl methyl sites for hydroxylation is 1. The second kappa shape index (κ2) is 6.92. The van der Waals surface area contributed by atoms with Gasteiger partial charge in [-0.25, -0.2) is 4.98 Å². The lowest BCUT2D eigenvalue weighted by molar-refractivity contribution is -0.136. The molecule has 1 N–H and O–H groups in total. The van der Waals surface area contributed by atoms with Crippen molar-refractivity contribution in [2.24, 2.45) is 0 Å². The highest BCUT2D eigenvalue weighted by Crippen LogP contribution is 2.36. The summed E-state index contributed by atoms with van der Waals surface area (Å²) >= 11 is 5.21. The number of halogens is 3. The Morgan fingerprint density at radius 3 is 2.44 bits per heavy atom. The smallest absolute Gasteiger partial charge is 0.300 e. The van der Waals surface area contributed by atoms with E-state index in [1.165, 1.54) is 4.57 Å². The summed E-state index contributed by atoms with van der Waals surface area (Å²) in [6.45, 7) is 5.59. The Bertz CT molecular complexity index is 1110. The van der Waals surface area contributed by atoms with E-state index in [0.29, 0.717) is 12.0 Å². The zero-order chi connectivity index (χ0) is 19.9. The van der Waals surface area contributed by atoms with Gasteiger partial charge in [-0.3, -0.25) is 14.3 Å². The van der Waals surface area contributed by atoms with E-state index in [4.69, 9.17) is 12.2 Å². The lowest BCUT2D eigenvalue weighted by atomic mass is 10.0. The quantitative estimate of drug-likeness (QED) is 0.605. The van der Waals surface area contributed by atoms with Gasteiger partial charge < -0.3 is 0 Å². The van der Waals surface area contributed by atoms with Crippen LogP contribution in [0.2, 0.25) is 0 Å². The monoisotopic (exact) mass is 393 g/mol. The molecule has 0 amide bonds. The fraction of sp³-hybridized carbons (Fsp3) is 0.316. The molecule has 8 heteroatoms. The average Bonchev–Trinajstić information content (AvgIpc) is 2.60. The van der Waals surface area contributed by atoms with Gasteiger partial charge in [0.25, 0.3) is 5.56 Å². The highest BCUT2D eigenvalue weighted by atomic mass is 32.1. The first-order valence-electron chi connectivity index (χ1n) is 8.47. The first-order valence-corrected chi connectivity index (χ1v) is 8.88. The third-order valence-corrected chi connectivity index (χ3v) is 4.88. The van der Waals surface area contributed by atoms with Gasteiger partial charge in [-0.15, -0.1) is 0 Å². The second-order valence-corrected chi connectivity index (χ2v) is 6.89. The zero-order valence-electron chi connectivity index (χ0n) is 15.0. The van der Waals surface area contributed by atoms with E-state index >= 15 is 0 Å². The number of nitrogens with zero attached hydrogens (tertiary/aromatic N) is 2. The minimum atomic E-state index is -4.70. The molecule has 0 saturated heterocycles. The predicted octanol–water partition coefficient (Wildman–Crippen LogP) is 5.42. The van der Waals surface area contributed by atoms with E-state index in [2.05, 4.69) is 9.97 Å². The number of nitrogens with one attached hydrogen (secondary N) is 1. The standard InChI is InChI=1S/C19H18F3N3OS/c1-4-11(3)25-16-15(17(26)24-18(25)27)13(19(20,21)22)9-14(23-16)12-7-5-10(2)6-8-12/h5-9,11H,4H2,1-3H3,(H,24,26,27). The van der Waals surface area contributed by atoms with Gasteiger partial charge in [-0.1, -0.05) is 36.8 Å². The highest BCUT2D eigenvalue weighted by Gasteiger charge is 2.35. The van der Waals surface area contributed by atoms with E-state index in [1.807, 2.05) is 20.8 Å². The van der Waals surface area contributed by atoms with Crippen LogP contribution in [0, 0.1) is 11.7 Å². The van der Waals surface area contributed by atoms with Crippen molar-refractivity contribution in [3.63, 3.8) is 0 Å². The van der Waals surface area contributed by atoms with Crippen LogP contribution in [0.1, 0.15) is 37.4 Å². The predicted molar refractivity (Wildman–Crippen MR) is 101 cm³/mol. The third kappa shape index (κ3) is 3.53. The number of hydrogen-bond acceptors (Lipinski definition) is 3. The molecular weight excluding hydrogens is 375 g/mol. The van der Waals surface area contributed by atoms with E-state index in [1.54, 1.807) is 24.3 Å². The molecule has 0 fully saturated rings. The van der Waals surface area contributed by atoms with Crippen molar-refractivity contribution in [1.29, 1.82) is 0 Å². The number of aromatic amines is 1. The van der Waals surface area contributed by atoms with Gasteiger partial charge in [0.15, 0.2) is 4.77 Å². The minimum absolute atomic E-state index is 0.0523. The van der Waals surface area contributed by atoms with Crippen molar-refractivity contribution in [1.82, 2.24) is 14.5 Å². The van der Waals surface area contributed by atoms with Gasteiger partial charge in [-0.05, 0) is 38.6 Å². The fourth-order valence-electron chi connectivity index (χ4n) is 2.93. The van der Waals surface area contributed by atoms with E-state index in [-0.39, 0.29) is 22.2 Å². The number of rotatable bonds is 3. The molecule has 0 aliphatic rings. The van der Waals surface area contributed by atoms with Crippen LogP contribution in [-0.4, -0.2) is 14.5 Å². The summed E-state index contributed by atoms with van der Waals surface area (Å²) in [5, 5.41) is -0.493. The first-order chi connectivity index (χ1) is 12.6. The molecule has 142 valence electrons. The molecule has 0 aliphatic carbocycles. The number of fused-ring (bicyclic) bond motifs is 1. The molecule has 3 aromatic rings. The van der Waals surface area contributed by atoms with Crippen LogP contribution >= 0.6 is 12.2 Å². The Kier molecular flexibility index (Phi) is 4.94.